The van der Waals surface area contributed by atoms with E-state index >= 15 is 0 Å². The third kappa shape index (κ3) is 3.96. The van der Waals surface area contributed by atoms with Crippen LogP contribution in [0.1, 0.15) is 55.6 Å². The van der Waals surface area contributed by atoms with Gasteiger partial charge in [0.15, 0.2) is 5.82 Å². The van der Waals surface area contributed by atoms with E-state index in [-0.39, 0.29) is 30.4 Å². The summed E-state index contributed by atoms with van der Waals surface area (Å²) in [5, 5.41) is 30.4. The van der Waals surface area contributed by atoms with Crippen molar-refractivity contribution >= 4 is 34.5 Å². The summed E-state index contributed by atoms with van der Waals surface area (Å²) in [4.78, 5) is 32.4. The number of likely N-dealkylation sites (tertiary alicyclic amines) is 1. The molecule has 1 saturated carbocycles. The molecule has 0 spiro atoms. The second-order valence-corrected chi connectivity index (χ2v) is 12.4. The predicted molar refractivity (Wildman–Crippen MR) is 138 cm³/mol. The van der Waals surface area contributed by atoms with Crippen LogP contribution in [-0.4, -0.2) is 81.5 Å². The number of aromatic nitrogens is 4. The number of carbonyl (C=O) groups excluding carboxylic acids is 2. The van der Waals surface area contributed by atoms with Crippen molar-refractivity contribution < 1.29 is 9.59 Å². The Bertz CT molecular complexity index is 1370. The Balaban J connectivity index is 1.31. The summed E-state index contributed by atoms with van der Waals surface area (Å²) >= 11 is 3.27. The van der Waals surface area contributed by atoms with E-state index in [4.69, 9.17) is 0 Å². The minimum atomic E-state index is -0.698. The molecule has 3 aliphatic rings. The van der Waals surface area contributed by atoms with Crippen LogP contribution in [-0.2, 0) is 23.1 Å². The molecule has 0 radical (unpaired) electrons. The van der Waals surface area contributed by atoms with Gasteiger partial charge < -0.3 is 15.1 Å². The highest BCUT2D eigenvalue weighted by Crippen LogP contribution is 2.50. The number of rotatable bonds is 7. The Morgan fingerprint density at radius 3 is 2.89 bits per heavy atom. The first-order chi connectivity index (χ1) is 17.9. The van der Waals surface area contributed by atoms with Crippen molar-refractivity contribution in [2.45, 2.75) is 49.6 Å². The number of nitrogens with zero attached hydrogens (tertiary/aromatic N) is 6. The number of nitriles is 1. The number of hydrogen-bond acceptors (Lipinski definition) is 9. The van der Waals surface area contributed by atoms with E-state index in [1.807, 2.05) is 6.07 Å². The van der Waals surface area contributed by atoms with Crippen LogP contribution in [0.5, 0.6) is 0 Å². The number of carbonyl (C=O) groups is 2. The van der Waals surface area contributed by atoms with Gasteiger partial charge in [-0.2, -0.15) is 10.5 Å². The average molecular weight is 537 g/mol. The smallest absolute Gasteiger partial charge is 0.263 e. The van der Waals surface area contributed by atoms with Gasteiger partial charge in [0.05, 0.1) is 22.9 Å². The van der Waals surface area contributed by atoms with Crippen LogP contribution in [0.3, 0.4) is 0 Å². The molecule has 4 heterocycles. The normalized spacial score (nSPS) is 25.5. The van der Waals surface area contributed by atoms with Crippen LogP contribution in [0.15, 0.2) is 17.5 Å². The van der Waals surface area contributed by atoms with Gasteiger partial charge in [-0.1, -0.05) is 5.21 Å². The number of fused-ring (bicyclic) bond motifs is 3. The molecule has 2 N–H and O–H groups in total. The van der Waals surface area contributed by atoms with E-state index in [1.54, 1.807) is 46.6 Å². The maximum atomic E-state index is 13.0. The van der Waals surface area contributed by atoms with E-state index in [0.29, 0.717) is 29.6 Å². The molecule has 0 bridgehead atoms. The molecule has 2 amide bonds. The highest BCUT2D eigenvalue weighted by molar-refractivity contribution is 7.14. The van der Waals surface area contributed by atoms with Crippen LogP contribution >= 0.6 is 22.7 Å². The molecule has 1 unspecified atom stereocenters. The van der Waals surface area contributed by atoms with E-state index in [2.05, 4.69) is 43.5 Å². The Kier molecular flexibility index (Phi) is 6.09. The van der Waals surface area contributed by atoms with E-state index in [1.165, 1.54) is 4.88 Å². The molecule has 10 nitrogen and oxygen atoms in total. The van der Waals surface area contributed by atoms with Crippen molar-refractivity contribution in [3.8, 4) is 6.07 Å². The molecule has 0 aromatic carbocycles. The first kappa shape index (κ1) is 24.2. The van der Waals surface area contributed by atoms with E-state index in [9.17, 15) is 14.9 Å². The fourth-order valence-electron chi connectivity index (χ4n) is 6.05. The first-order valence-electron chi connectivity index (χ1n) is 12.5. The number of aromatic amines is 1. The lowest BCUT2D eigenvalue weighted by molar-refractivity contribution is -0.131. The van der Waals surface area contributed by atoms with Gasteiger partial charge in [-0.3, -0.25) is 9.59 Å². The molecule has 2 aliphatic carbocycles. The average Bonchev–Trinajstić information content (AvgIpc) is 3.41. The number of tetrazole rings is 1. The summed E-state index contributed by atoms with van der Waals surface area (Å²) < 4.78 is 0. The van der Waals surface area contributed by atoms with E-state index < -0.39 is 5.41 Å². The second-order valence-electron chi connectivity index (χ2n) is 10.2. The van der Waals surface area contributed by atoms with Gasteiger partial charge in [-0.15, -0.1) is 32.9 Å². The fourth-order valence-corrected chi connectivity index (χ4v) is 8.26. The highest BCUT2D eigenvalue weighted by Gasteiger charge is 2.54. The number of piperidine rings is 1. The number of hydrogen-bond donors (Lipinski definition) is 2. The molecule has 4 atom stereocenters. The number of nitrogens with one attached hydrogen (secondary N) is 2. The van der Waals surface area contributed by atoms with Gasteiger partial charge >= 0.3 is 0 Å². The van der Waals surface area contributed by atoms with Crippen molar-refractivity contribution in [2.24, 2.45) is 5.92 Å². The number of amides is 2. The summed E-state index contributed by atoms with van der Waals surface area (Å²) in [6.45, 7) is 0.710. The molecular formula is C25H28N8O2S2. The number of H-pyrrole nitrogens is 1. The van der Waals surface area contributed by atoms with Gasteiger partial charge in [-0.05, 0) is 73.2 Å². The van der Waals surface area contributed by atoms with Crippen molar-refractivity contribution in [2.75, 3.05) is 27.2 Å². The molecule has 192 valence electrons. The third-order valence-electron chi connectivity index (χ3n) is 7.89. The molecule has 6 rings (SSSR count). The van der Waals surface area contributed by atoms with Gasteiger partial charge in [0.2, 0.25) is 5.91 Å². The lowest BCUT2D eigenvalue weighted by atomic mass is 9.72. The molecule has 1 saturated heterocycles. The third-order valence-corrected chi connectivity index (χ3v) is 10.1. The largest absolute Gasteiger partial charge is 0.344 e. The molecule has 37 heavy (non-hydrogen) atoms. The van der Waals surface area contributed by atoms with Crippen molar-refractivity contribution in [1.82, 2.24) is 35.7 Å². The Morgan fingerprint density at radius 1 is 1.30 bits per heavy atom. The van der Waals surface area contributed by atoms with Crippen molar-refractivity contribution in [3.63, 3.8) is 0 Å². The maximum Gasteiger partial charge on any atom is 0.263 e. The van der Waals surface area contributed by atoms with Crippen LogP contribution in [0.25, 0.3) is 0 Å². The zero-order valence-electron chi connectivity index (χ0n) is 20.7. The lowest BCUT2D eigenvalue weighted by Gasteiger charge is -2.31. The summed E-state index contributed by atoms with van der Waals surface area (Å²) in [5.74, 6) is 1.02. The second kappa shape index (κ2) is 9.31. The summed E-state index contributed by atoms with van der Waals surface area (Å²) in [7, 11) is 3.53. The zero-order valence-corrected chi connectivity index (χ0v) is 22.4. The van der Waals surface area contributed by atoms with E-state index in [0.717, 1.165) is 41.7 Å². The molecule has 3 aromatic heterocycles. The van der Waals surface area contributed by atoms with Crippen LogP contribution in [0.4, 0.5) is 0 Å². The molecule has 12 heteroatoms. The van der Waals surface area contributed by atoms with Gasteiger partial charge in [-0.25, -0.2) is 0 Å². The Labute approximate surface area is 222 Å². The molecule has 2 fully saturated rings. The highest BCUT2D eigenvalue weighted by atomic mass is 32.1. The van der Waals surface area contributed by atoms with Crippen LogP contribution in [0, 0.1) is 17.2 Å². The maximum absolute atomic E-state index is 13.0. The molecule has 3 aromatic rings. The number of aryl methyl sites for hydroxylation is 2. The quantitative estimate of drug-likeness (QED) is 0.441. The first-order valence-corrected chi connectivity index (χ1v) is 14.2. The molecular weight excluding hydrogens is 508 g/mol. The minimum absolute atomic E-state index is 0.0164. The zero-order chi connectivity index (χ0) is 25.7. The minimum Gasteiger partial charge on any atom is -0.344 e. The van der Waals surface area contributed by atoms with Crippen LogP contribution in [0.2, 0.25) is 0 Å². The SMILES string of the molecule is CN(C)C(=O)c1cc2c(s1)CCc1sccc1C2(CCNCC(=O)N1[C@H](C#N)C[C@@H]2C[C@@H]21)c1nn[nH]n1. The van der Waals surface area contributed by atoms with Crippen molar-refractivity contribution in [1.29, 1.82) is 5.26 Å². The Morgan fingerprint density at radius 2 is 2.14 bits per heavy atom. The van der Waals surface area contributed by atoms with Gasteiger partial charge in [0, 0.05) is 29.9 Å². The fraction of sp³-hybridized carbons (Fsp3) is 0.520. The monoisotopic (exact) mass is 536 g/mol. The lowest BCUT2D eigenvalue weighted by Crippen LogP contribution is -2.44. The van der Waals surface area contributed by atoms with Gasteiger partial charge in [0.1, 0.15) is 6.04 Å². The topological polar surface area (TPSA) is 131 Å². The predicted octanol–water partition coefficient (Wildman–Crippen LogP) is 1.95. The van der Waals surface area contributed by atoms with Crippen LogP contribution < -0.4 is 5.32 Å². The van der Waals surface area contributed by atoms with Gasteiger partial charge in [0.25, 0.3) is 5.91 Å². The summed E-state index contributed by atoms with van der Waals surface area (Å²) in [6, 6.07) is 6.36. The summed E-state index contributed by atoms with van der Waals surface area (Å²) in [5.41, 5.74) is 1.48. The number of thiophene rings is 2. The standard InChI is InChI=1S/C25H28N8O2S2/c1-32(2)23(35)21-11-17-20(37-21)4-3-19-16(5-8-36-19)25(17,24-28-30-31-29-24)6-7-27-13-22(34)33-15(12-26)9-14-10-18(14)33/h5,8,11,14-15,18,27H,3-4,6-7,9-10,13H2,1-2H3,(H,28,29,30,31)/t14-,15+,18+,25?/m1/s1. The van der Waals surface area contributed by atoms with Crippen molar-refractivity contribution in [3.05, 3.63) is 49.1 Å². The Hall–Kier alpha value is -3.14. The molecule has 1 aliphatic heterocycles. The summed E-state index contributed by atoms with van der Waals surface area (Å²) in [6.07, 6.45) is 4.13.